The fourth-order valence-electron chi connectivity index (χ4n) is 3.92. The molecule has 0 aliphatic rings. The Labute approximate surface area is 200 Å². The molecule has 2 aromatic heterocycles. The van der Waals surface area contributed by atoms with Crippen LogP contribution in [0.3, 0.4) is 0 Å². The molecule has 0 amide bonds. The molecule has 1 atom stereocenters. The number of aryl methyl sites for hydroxylation is 1. The van der Waals surface area contributed by atoms with Gasteiger partial charge in [-0.1, -0.05) is 49.4 Å². The number of benzene rings is 2. The Kier molecular flexibility index (Phi) is 6.77. The van der Waals surface area contributed by atoms with Gasteiger partial charge in [-0.05, 0) is 23.6 Å². The number of rotatable bonds is 8. The van der Waals surface area contributed by atoms with Crippen molar-refractivity contribution in [1.29, 1.82) is 0 Å². The SMILES string of the molecule is COc1ccc([C@@H](C)CC(=O)COc2cc(C(F)(F)F)c3c(-c4ccccc4)nn(C)c3n2)cc1. The zero-order valence-electron chi connectivity index (χ0n) is 19.5. The molecule has 182 valence electrons. The Morgan fingerprint density at radius 2 is 1.77 bits per heavy atom. The molecular weight excluding hydrogens is 459 g/mol. The molecule has 0 radical (unpaired) electrons. The second-order valence-corrected chi connectivity index (χ2v) is 8.25. The van der Waals surface area contributed by atoms with Crippen molar-refractivity contribution in [1.82, 2.24) is 14.8 Å². The quantitative estimate of drug-likeness (QED) is 0.317. The summed E-state index contributed by atoms with van der Waals surface area (Å²) in [7, 11) is 3.09. The minimum Gasteiger partial charge on any atom is -0.497 e. The number of fused-ring (bicyclic) bond motifs is 1. The number of pyridine rings is 1. The zero-order valence-corrected chi connectivity index (χ0v) is 19.5. The number of carbonyl (C=O) groups excluding carboxylic acids is 1. The monoisotopic (exact) mass is 483 g/mol. The summed E-state index contributed by atoms with van der Waals surface area (Å²) in [6.07, 6.45) is -4.50. The lowest BCUT2D eigenvalue weighted by Crippen LogP contribution is -2.15. The second kappa shape index (κ2) is 9.77. The van der Waals surface area contributed by atoms with E-state index in [-0.39, 0.29) is 47.3 Å². The van der Waals surface area contributed by atoms with Gasteiger partial charge in [0.15, 0.2) is 11.4 Å². The maximum Gasteiger partial charge on any atom is 0.417 e. The molecule has 0 bridgehead atoms. The van der Waals surface area contributed by atoms with E-state index in [0.29, 0.717) is 11.3 Å². The molecule has 9 heteroatoms. The lowest BCUT2D eigenvalue weighted by Gasteiger charge is -2.14. The van der Waals surface area contributed by atoms with Gasteiger partial charge in [0, 0.05) is 25.1 Å². The molecule has 6 nitrogen and oxygen atoms in total. The summed E-state index contributed by atoms with van der Waals surface area (Å²) < 4.78 is 53.9. The third-order valence-electron chi connectivity index (χ3n) is 5.72. The van der Waals surface area contributed by atoms with E-state index in [1.807, 2.05) is 31.2 Å². The Hall–Kier alpha value is -3.88. The average Bonchev–Trinajstić information content (AvgIpc) is 3.18. The highest BCUT2D eigenvalue weighted by Gasteiger charge is 2.36. The van der Waals surface area contributed by atoms with Gasteiger partial charge < -0.3 is 9.47 Å². The van der Waals surface area contributed by atoms with Gasteiger partial charge in [-0.3, -0.25) is 4.79 Å². The van der Waals surface area contributed by atoms with Crippen molar-refractivity contribution in [3.63, 3.8) is 0 Å². The summed E-state index contributed by atoms with van der Waals surface area (Å²) in [5, 5.41) is 4.17. The van der Waals surface area contributed by atoms with Gasteiger partial charge in [0.2, 0.25) is 5.88 Å². The van der Waals surface area contributed by atoms with Crippen LogP contribution in [0.4, 0.5) is 13.2 Å². The summed E-state index contributed by atoms with van der Waals surface area (Å²) in [6, 6.07) is 16.8. The molecule has 4 rings (SSSR count). The van der Waals surface area contributed by atoms with Crippen LogP contribution in [0.15, 0.2) is 60.7 Å². The number of methoxy groups -OCH3 is 1. The molecule has 0 unspecified atom stereocenters. The first-order chi connectivity index (χ1) is 16.7. The van der Waals surface area contributed by atoms with Gasteiger partial charge in [-0.15, -0.1) is 0 Å². The number of ether oxygens (including phenoxy) is 2. The number of ketones is 1. The number of alkyl halides is 3. The third-order valence-corrected chi connectivity index (χ3v) is 5.72. The third kappa shape index (κ3) is 5.29. The molecule has 2 heterocycles. The second-order valence-electron chi connectivity index (χ2n) is 8.25. The number of halogens is 3. The molecular formula is C26H24F3N3O3. The Bertz CT molecular complexity index is 1330. The molecule has 0 aliphatic heterocycles. The van der Waals surface area contributed by atoms with Crippen LogP contribution in [0.1, 0.15) is 30.4 Å². The van der Waals surface area contributed by atoms with Crippen molar-refractivity contribution in [2.45, 2.75) is 25.4 Å². The number of Topliss-reactive ketones (excluding diaryl/α,β-unsaturated/α-hetero) is 1. The van der Waals surface area contributed by atoms with Crippen molar-refractivity contribution < 1.29 is 27.4 Å². The maximum absolute atomic E-state index is 14.0. The minimum atomic E-state index is -4.67. The van der Waals surface area contributed by atoms with Crippen molar-refractivity contribution in [3.8, 4) is 22.9 Å². The number of hydrogen-bond acceptors (Lipinski definition) is 5. The van der Waals surface area contributed by atoms with Crippen molar-refractivity contribution in [2.24, 2.45) is 7.05 Å². The van der Waals surface area contributed by atoms with E-state index in [4.69, 9.17) is 9.47 Å². The van der Waals surface area contributed by atoms with Crippen LogP contribution in [0.25, 0.3) is 22.3 Å². The Morgan fingerprint density at radius 3 is 2.40 bits per heavy atom. The highest BCUT2D eigenvalue weighted by Crippen LogP contribution is 2.40. The minimum absolute atomic E-state index is 0.0210. The molecule has 35 heavy (non-hydrogen) atoms. The molecule has 0 N–H and O–H groups in total. The van der Waals surface area contributed by atoms with E-state index in [1.54, 1.807) is 37.4 Å². The summed E-state index contributed by atoms with van der Waals surface area (Å²) >= 11 is 0. The predicted octanol–water partition coefficient (Wildman–Crippen LogP) is 5.80. The predicted molar refractivity (Wildman–Crippen MR) is 125 cm³/mol. The molecule has 4 aromatic rings. The zero-order chi connectivity index (χ0) is 25.2. The van der Waals surface area contributed by atoms with Gasteiger partial charge in [0.1, 0.15) is 18.1 Å². The summed E-state index contributed by atoms with van der Waals surface area (Å²) in [6.45, 7) is 1.51. The van der Waals surface area contributed by atoms with E-state index in [1.165, 1.54) is 11.7 Å². The highest BCUT2D eigenvalue weighted by atomic mass is 19.4. The van der Waals surface area contributed by atoms with E-state index < -0.39 is 11.7 Å². The van der Waals surface area contributed by atoms with E-state index in [0.717, 1.165) is 11.6 Å². The molecule has 0 fully saturated rings. The molecule has 0 saturated carbocycles. The van der Waals surface area contributed by atoms with Gasteiger partial charge in [0.25, 0.3) is 0 Å². The number of carbonyl (C=O) groups is 1. The Balaban J connectivity index is 1.57. The number of aromatic nitrogens is 3. The topological polar surface area (TPSA) is 66.2 Å². The van der Waals surface area contributed by atoms with Crippen molar-refractivity contribution in [3.05, 3.63) is 71.8 Å². The number of hydrogen-bond donors (Lipinski definition) is 0. The van der Waals surface area contributed by atoms with E-state index >= 15 is 0 Å². The van der Waals surface area contributed by atoms with Gasteiger partial charge >= 0.3 is 6.18 Å². The van der Waals surface area contributed by atoms with Crippen molar-refractivity contribution >= 4 is 16.8 Å². The van der Waals surface area contributed by atoms with E-state index in [9.17, 15) is 18.0 Å². The van der Waals surface area contributed by atoms with Crippen molar-refractivity contribution in [2.75, 3.05) is 13.7 Å². The fourth-order valence-corrected chi connectivity index (χ4v) is 3.92. The standard InChI is InChI=1S/C26H24F3N3O3/c1-16(17-9-11-20(34-3)12-10-17)13-19(33)15-35-22-14-21(26(27,28)29)23-24(18-7-5-4-6-8-18)31-32(2)25(23)30-22/h4-12,14,16H,13,15H2,1-3H3/t16-/m0/s1. The Morgan fingerprint density at radius 1 is 1.09 bits per heavy atom. The van der Waals surface area contributed by atoms with E-state index in [2.05, 4.69) is 10.1 Å². The molecule has 0 saturated heterocycles. The first kappa shape index (κ1) is 24.3. The summed E-state index contributed by atoms with van der Waals surface area (Å²) in [5.74, 6) is 0.0865. The number of nitrogens with zero attached hydrogens (tertiary/aromatic N) is 3. The summed E-state index contributed by atoms with van der Waals surface area (Å²) in [5.41, 5.74) is 0.776. The summed E-state index contributed by atoms with van der Waals surface area (Å²) in [4.78, 5) is 16.7. The highest BCUT2D eigenvalue weighted by molar-refractivity contribution is 5.94. The average molecular weight is 483 g/mol. The first-order valence-electron chi connectivity index (χ1n) is 11.0. The van der Waals surface area contributed by atoms with Crippen LogP contribution in [0.5, 0.6) is 11.6 Å². The fraction of sp³-hybridized carbons (Fsp3) is 0.269. The van der Waals surface area contributed by atoms with Gasteiger partial charge in [-0.25, -0.2) is 4.68 Å². The largest absolute Gasteiger partial charge is 0.497 e. The van der Waals surface area contributed by atoms with Gasteiger partial charge in [-0.2, -0.15) is 23.3 Å². The van der Waals surface area contributed by atoms with Crippen LogP contribution in [0, 0.1) is 0 Å². The maximum atomic E-state index is 14.0. The van der Waals surface area contributed by atoms with Crippen LogP contribution < -0.4 is 9.47 Å². The lowest BCUT2D eigenvalue weighted by atomic mass is 9.96. The molecule has 0 spiro atoms. The lowest BCUT2D eigenvalue weighted by molar-refractivity contribution is -0.136. The molecule has 0 aliphatic carbocycles. The normalized spacial score (nSPS) is 12.5. The van der Waals surface area contributed by atoms with Crippen LogP contribution in [-0.4, -0.2) is 34.3 Å². The smallest absolute Gasteiger partial charge is 0.417 e. The van der Waals surface area contributed by atoms with Crippen LogP contribution >= 0.6 is 0 Å². The first-order valence-corrected chi connectivity index (χ1v) is 11.0. The van der Waals surface area contributed by atoms with Crippen LogP contribution in [-0.2, 0) is 18.0 Å². The van der Waals surface area contributed by atoms with Crippen LogP contribution in [0.2, 0.25) is 0 Å². The van der Waals surface area contributed by atoms with Gasteiger partial charge in [0.05, 0.1) is 18.1 Å². The molecule has 2 aromatic carbocycles.